The molecule has 1 N–H and O–H groups in total. The summed E-state index contributed by atoms with van der Waals surface area (Å²) in [6, 6.07) is 5.77. The SMILES string of the molecule is CCCCCS(=O)(=O)CC(=O)N1CCNCC1c1cccc(F)c1. The first-order valence-corrected chi connectivity index (χ1v) is 10.2. The lowest BCUT2D eigenvalue weighted by molar-refractivity contribution is -0.131. The van der Waals surface area contributed by atoms with Crippen LogP contribution in [0.3, 0.4) is 0 Å². The van der Waals surface area contributed by atoms with E-state index in [0.717, 1.165) is 12.8 Å². The summed E-state index contributed by atoms with van der Waals surface area (Å²) in [7, 11) is -3.40. The molecule has 1 aliphatic rings. The van der Waals surface area contributed by atoms with Gasteiger partial charge in [-0.2, -0.15) is 0 Å². The average Bonchev–Trinajstić information content (AvgIpc) is 2.54. The Hall–Kier alpha value is -1.47. The minimum absolute atomic E-state index is 0.0449. The van der Waals surface area contributed by atoms with Crippen LogP contribution < -0.4 is 5.32 Å². The van der Waals surface area contributed by atoms with Gasteiger partial charge >= 0.3 is 0 Å². The van der Waals surface area contributed by atoms with Gasteiger partial charge in [0.1, 0.15) is 11.6 Å². The Balaban J connectivity index is 2.08. The lowest BCUT2D eigenvalue weighted by Gasteiger charge is -2.36. The van der Waals surface area contributed by atoms with Crippen molar-refractivity contribution in [3.63, 3.8) is 0 Å². The van der Waals surface area contributed by atoms with Crippen molar-refractivity contribution in [2.45, 2.75) is 32.2 Å². The summed E-state index contributed by atoms with van der Waals surface area (Å²) in [6.07, 6.45) is 2.36. The molecule has 1 aromatic rings. The highest BCUT2D eigenvalue weighted by Gasteiger charge is 2.30. The number of halogens is 1. The zero-order valence-electron chi connectivity index (χ0n) is 14.0. The maximum Gasteiger partial charge on any atom is 0.238 e. The molecule has 0 aliphatic carbocycles. The molecule has 0 aromatic heterocycles. The van der Waals surface area contributed by atoms with Crippen LogP contribution in [0.5, 0.6) is 0 Å². The zero-order chi connectivity index (χ0) is 17.6. The van der Waals surface area contributed by atoms with Crippen LogP contribution >= 0.6 is 0 Å². The maximum absolute atomic E-state index is 13.5. The maximum atomic E-state index is 13.5. The normalized spacial score (nSPS) is 18.6. The summed E-state index contributed by atoms with van der Waals surface area (Å²) in [5, 5.41) is 3.18. The van der Waals surface area contributed by atoms with E-state index >= 15 is 0 Å². The molecule has 1 amide bonds. The highest BCUT2D eigenvalue weighted by molar-refractivity contribution is 7.92. The van der Waals surface area contributed by atoms with Crippen molar-refractivity contribution < 1.29 is 17.6 Å². The van der Waals surface area contributed by atoms with Gasteiger partial charge in [-0.3, -0.25) is 4.79 Å². The van der Waals surface area contributed by atoms with Crippen molar-refractivity contribution in [3.8, 4) is 0 Å². The van der Waals surface area contributed by atoms with Gasteiger partial charge in [0, 0.05) is 19.6 Å². The quantitative estimate of drug-likeness (QED) is 0.758. The predicted octanol–water partition coefficient (Wildman–Crippen LogP) is 1.90. The summed E-state index contributed by atoms with van der Waals surface area (Å²) < 4.78 is 37.7. The second kappa shape index (κ2) is 8.58. The highest BCUT2D eigenvalue weighted by atomic mass is 32.2. The third-order valence-electron chi connectivity index (χ3n) is 4.20. The molecule has 134 valence electrons. The Morgan fingerprint density at radius 3 is 2.88 bits per heavy atom. The Bertz CT molecular complexity index is 664. The van der Waals surface area contributed by atoms with Crippen LogP contribution in [0.2, 0.25) is 0 Å². The van der Waals surface area contributed by atoms with Gasteiger partial charge < -0.3 is 10.2 Å². The number of carbonyl (C=O) groups is 1. The minimum atomic E-state index is -3.40. The van der Waals surface area contributed by atoms with Crippen LogP contribution in [0.1, 0.15) is 37.8 Å². The molecule has 1 atom stereocenters. The van der Waals surface area contributed by atoms with Crippen LogP contribution in [-0.4, -0.2) is 50.4 Å². The summed E-state index contributed by atoms with van der Waals surface area (Å²) in [5.74, 6) is -1.19. The molecule has 5 nitrogen and oxygen atoms in total. The van der Waals surface area contributed by atoms with Gasteiger partial charge in [-0.25, -0.2) is 12.8 Å². The number of hydrogen-bond donors (Lipinski definition) is 1. The van der Waals surface area contributed by atoms with Crippen molar-refractivity contribution in [2.75, 3.05) is 31.1 Å². The third kappa shape index (κ3) is 5.27. The summed E-state index contributed by atoms with van der Waals surface area (Å²) in [5.41, 5.74) is 0.680. The number of piperazine rings is 1. The van der Waals surface area contributed by atoms with E-state index in [4.69, 9.17) is 0 Å². The van der Waals surface area contributed by atoms with Gasteiger partial charge in [0.15, 0.2) is 9.84 Å². The molecule has 1 aliphatic heterocycles. The number of hydrogen-bond acceptors (Lipinski definition) is 4. The zero-order valence-corrected chi connectivity index (χ0v) is 14.8. The fourth-order valence-corrected chi connectivity index (χ4v) is 4.26. The highest BCUT2D eigenvalue weighted by Crippen LogP contribution is 2.23. The number of carbonyl (C=O) groups excluding carboxylic acids is 1. The molecule has 7 heteroatoms. The Morgan fingerprint density at radius 1 is 1.38 bits per heavy atom. The van der Waals surface area contributed by atoms with Crippen molar-refractivity contribution >= 4 is 15.7 Å². The number of nitrogens with one attached hydrogen (secondary N) is 1. The molecule has 1 fully saturated rings. The Kier molecular flexibility index (Phi) is 6.74. The second-order valence-corrected chi connectivity index (χ2v) is 8.35. The van der Waals surface area contributed by atoms with E-state index in [1.165, 1.54) is 12.1 Å². The molecule has 24 heavy (non-hydrogen) atoms. The number of amides is 1. The molecule has 0 bridgehead atoms. The molecule has 2 rings (SSSR count). The van der Waals surface area contributed by atoms with Crippen molar-refractivity contribution in [1.29, 1.82) is 0 Å². The molecule has 0 radical (unpaired) electrons. The number of benzene rings is 1. The molecule has 0 saturated carbocycles. The average molecular weight is 356 g/mol. The first-order valence-electron chi connectivity index (χ1n) is 8.39. The van der Waals surface area contributed by atoms with Crippen LogP contribution in [-0.2, 0) is 14.6 Å². The van der Waals surface area contributed by atoms with Crippen LogP contribution in [0.25, 0.3) is 0 Å². The smallest absolute Gasteiger partial charge is 0.238 e. The van der Waals surface area contributed by atoms with Gasteiger partial charge in [0.2, 0.25) is 5.91 Å². The minimum Gasteiger partial charge on any atom is -0.332 e. The Morgan fingerprint density at radius 2 is 2.17 bits per heavy atom. The first-order chi connectivity index (χ1) is 11.4. The fraction of sp³-hybridized carbons (Fsp3) is 0.588. The van der Waals surface area contributed by atoms with Gasteiger partial charge in [-0.1, -0.05) is 31.9 Å². The van der Waals surface area contributed by atoms with E-state index in [-0.39, 0.29) is 17.6 Å². The van der Waals surface area contributed by atoms with Crippen LogP contribution in [0, 0.1) is 5.82 Å². The van der Waals surface area contributed by atoms with E-state index in [1.807, 2.05) is 6.92 Å². The summed E-state index contributed by atoms with van der Waals surface area (Å²) in [6.45, 7) is 3.52. The second-order valence-electron chi connectivity index (χ2n) is 6.16. The number of sulfone groups is 1. The topological polar surface area (TPSA) is 66.5 Å². The van der Waals surface area contributed by atoms with E-state index in [1.54, 1.807) is 17.0 Å². The lowest BCUT2D eigenvalue weighted by atomic mass is 10.0. The molecule has 1 unspecified atom stereocenters. The summed E-state index contributed by atoms with van der Waals surface area (Å²) >= 11 is 0. The molecular formula is C17H25FN2O3S. The van der Waals surface area contributed by atoms with Crippen molar-refractivity contribution in [1.82, 2.24) is 10.2 Å². The lowest BCUT2D eigenvalue weighted by Crippen LogP contribution is -2.50. The van der Waals surface area contributed by atoms with Gasteiger partial charge in [-0.15, -0.1) is 0 Å². The molecule has 1 heterocycles. The molecular weight excluding hydrogens is 331 g/mol. The van der Waals surface area contributed by atoms with Gasteiger partial charge in [-0.05, 0) is 24.1 Å². The standard InChI is InChI=1S/C17H25FN2O3S/c1-2-3-4-10-24(22,23)13-17(21)20-9-8-19-12-16(20)14-6-5-7-15(18)11-14/h5-7,11,16,19H,2-4,8-10,12-13H2,1H3. The van der Waals surface area contributed by atoms with Crippen LogP contribution in [0.4, 0.5) is 4.39 Å². The monoisotopic (exact) mass is 356 g/mol. The molecule has 1 saturated heterocycles. The van der Waals surface area contributed by atoms with E-state index < -0.39 is 21.5 Å². The van der Waals surface area contributed by atoms with Crippen molar-refractivity contribution in [2.24, 2.45) is 0 Å². The Labute approximate surface area is 143 Å². The fourth-order valence-electron chi connectivity index (χ4n) is 2.93. The predicted molar refractivity (Wildman–Crippen MR) is 91.9 cm³/mol. The number of unbranched alkanes of at least 4 members (excludes halogenated alkanes) is 2. The third-order valence-corrected chi connectivity index (χ3v) is 5.80. The molecule has 0 spiro atoms. The largest absolute Gasteiger partial charge is 0.332 e. The van der Waals surface area contributed by atoms with Crippen molar-refractivity contribution in [3.05, 3.63) is 35.6 Å². The van der Waals surface area contributed by atoms with Gasteiger partial charge in [0.25, 0.3) is 0 Å². The first kappa shape index (κ1) is 18.9. The number of nitrogens with zero attached hydrogens (tertiary/aromatic N) is 1. The van der Waals surface area contributed by atoms with Gasteiger partial charge in [0.05, 0.1) is 11.8 Å². The number of rotatable bonds is 7. The summed E-state index contributed by atoms with van der Waals surface area (Å²) in [4.78, 5) is 14.1. The van der Waals surface area contributed by atoms with Crippen LogP contribution in [0.15, 0.2) is 24.3 Å². The molecule has 1 aromatic carbocycles. The van der Waals surface area contributed by atoms with E-state index in [9.17, 15) is 17.6 Å². The van der Waals surface area contributed by atoms with E-state index in [2.05, 4.69) is 5.32 Å². The van der Waals surface area contributed by atoms with E-state index in [0.29, 0.717) is 31.6 Å².